The van der Waals surface area contributed by atoms with E-state index < -0.39 is 7.14 Å². The maximum Gasteiger partial charge on any atom is 0.308 e. The Bertz CT molecular complexity index is 253. The van der Waals surface area contributed by atoms with Crippen molar-refractivity contribution in [3.63, 3.8) is 0 Å². The maximum absolute atomic E-state index is 12.0. The first-order chi connectivity index (χ1) is 7.07. The topological polar surface area (TPSA) is 43.4 Å². The van der Waals surface area contributed by atoms with Gasteiger partial charge < -0.3 is 9.30 Å². The van der Waals surface area contributed by atoms with Crippen molar-refractivity contribution in [3.8, 4) is 0 Å². The Labute approximate surface area is 91.9 Å². The Morgan fingerprint density at radius 2 is 2.00 bits per heavy atom. The lowest BCUT2D eigenvalue weighted by atomic mass is 10.1. The van der Waals surface area contributed by atoms with Crippen LogP contribution in [0, 0.1) is 5.92 Å². The average Bonchev–Trinajstić information content (AvgIpc) is 2.64. The van der Waals surface area contributed by atoms with Gasteiger partial charge in [0, 0.05) is 18.5 Å². The summed E-state index contributed by atoms with van der Waals surface area (Å²) in [6.45, 7) is 4.17. The van der Waals surface area contributed by atoms with Crippen LogP contribution in [0.3, 0.4) is 0 Å². The molecule has 0 aromatic rings. The van der Waals surface area contributed by atoms with Crippen LogP contribution in [0.1, 0.15) is 33.1 Å². The minimum Gasteiger partial charge on any atom is -0.465 e. The van der Waals surface area contributed by atoms with Crippen LogP contribution in [-0.2, 0) is 14.1 Å². The number of ether oxygens (including phenoxy) is 1. The highest BCUT2D eigenvalue weighted by atomic mass is 31.2. The van der Waals surface area contributed by atoms with E-state index in [1.807, 2.05) is 13.8 Å². The summed E-state index contributed by atoms with van der Waals surface area (Å²) in [6.07, 6.45) is 5.26. The molecule has 88 valence electrons. The molecule has 0 aliphatic carbocycles. The van der Waals surface area contributed by atoms with Crippen LogP contribution in [0.5, 0.6) is 0 Å². The zero-order valence-electron chi connectivity index (χ0n) is 9.70. The molecular formula is C11H21O3P. The van der Waals surface area contributed by atoms with Gasteiger partial charge in [0.05, 0.1) is 19.7 Å². The van der Waals surface area contributed by atoms with Crippen molar-refractivity contribution in [2.45, 2.75) is 33.1 Å². The molecule has 1 heterocycles. The Balaban J connectivity index is 2.21. The molecule has 0 N–H and O–H groups in total. The summed E-state index contributed by atoms with van der Waals surface area (Å²) in [6, 6.07) is 0. The molecule has 15 heavy (non-hydrogen) atoms. The lowest BCUT2D eigenvalue weighted by Crippen LogP contribution is -2.16. The van der Waals surface area contributed by atoms with Crippen molar-refractivity contribution in [1.82, 2.24) is 0 Å². The standard InChI is InChI=1S/C11H21O3P/c1-3-10(2)11(12)14-6-9-15(13)7-4-5-8-15/h10H,3-9H2,1-2H3. The molecule has 0 amide bonds. The number of hydrogen-bond donors (Lipinski definition) is 0. The zero-order chi connectivity index (χ0) is 11.3. The van der Waals surface area contributed by atoms with Crippen molar-refractivity contribution in [1.29, 1.82) is 0 Å². The number of hydrogen-bond acceptors (Lipinski definition) is 3. The Morgan fingerprint density at radius 3 is 2.53 bits per heavy atom. The first-order valence-electron chi connectivity index (χ1n) is 5.81. The third-order valence-electron chi connectivity index (χ3n) is 3.14. The molecule has 4 heteroatoms. The van der Waals surface area contributed by atoms with Crippen LogP contribution in [0.25, 0.3) is 0 Å². The van der Waals surface area contributed by atoms with Crippen LogP contribution < -0.4 is 0 Å². The fourth-order valence-corrected chi connectivity index (χ4v) is 4.45. The second kappa shape index (κ2) is 5.69. The van der Waals surface area contributed by atoms with E-state index in [1.54, 1.807) is 0 Å². The second-order valence-electron chi connectivity index (χ2n) is 4.41. The number of carbonyl (C=O) groups excluding carboxylic acids is 1. The molecule has 1 atom stereocenters. The van der Waals surface area contributed by atoms with Gasteiger partial charge in [-0.2, -0.15) is 0 Å². The monoisotopic (exact) mass is 232 g/mol. The third-order valence-corrected chi connectivity index (χ3v) is 6.40. The van der Waals surface area contributed by atoms with Gasteiger partial charge in [-0.15, -0.1) is 0 Å². The molecule has 0 radical (unpaired) electrons. The van der Waals surface area contributed by atoms with E-state index in [0.29, 0.717) is 12.8 Å². The average molecular weight is 232 g/mol. The van der Waals surface area contributed by atoms with E-state index in [0.717, 1.165) is 31.6 Å². The predicted octanol–water partition coefficient (Wildman–Crippen LogP) is 2.73. The fourth-order valence-electron chi connectivity index (χ4n) is 1.76. The summed E-state index contributed by atoms with van der Waals surface area (Å²) in [5.41, 5.74) is 0. The third kappa shape index (κ3) is 3.98. The van der Waals surface area contributed by atoms with E-state index in [1.165, 1.54) is 0 Å². The van der Waals surface area contributed by atoms with Crippen LogP contribution in [-0.4, -0.2) is 31.1 Å². The molecule has 1 unspecified atom stereocenters. The minimum absolute atomic E-state index is 0.0329. The predicted molar refractivity (Wildman–Crippen MR) is 61.9 cm³/mol. The smallest absolute Gasteiger partial charge is 0.308 e. The van der Waals surface area contributed by atoms with Gasteiger partial charge in [-0.25, -0.2) is 0 Å². The highest BCUT2D eigenvalue weighted by molar-refractivity contribution is 7.64. The molecule has 1 rings (SSSR count). The quantitative estimate of drug-likeness (QED) is 0.540. The summed E-state index contributed by atoms with van der Waals surface area (Å²) in [5.74, 6) is -0.183. The van der Waals surface area contributed by atoms with Crippen molar-refractivity contribution < 1.29 is 14.1 Å². The summed E-state index contributed by atoms with van der Waals surface area (Å²) in [4.78, 5) is 11.3. The molecule has 1 saturated heterocycles. The first-order valence-corrected chi connectivity index (χ1v) is 8.07. The largest absolute Gasteiger partial charge is 0.465 e. The Hall–Kier alpha value is -0.300. The SMILES string of the molecule is CCC(C)C(=O)OCCP1(=O)CCCC1. The number of carbonyl (C=O) groups is 1. The van der Waals surface area contributed by atoms with Crippen LogP contribution in [0.4, 0.5) is 0 Å². The normalized spacial score (nSPS) is 21.2. The molecule has 1 aliphatic rings. The van der Waals surface area contributed by atoms with Gasteiger partial charge in [-0.1, -0.05) is 13.8 Å². The molecular weight excluding hydrogens is 211 g/mol. The summed E-state index contributed by atoms with van der Waals surface area (Å²) in [7, 11) is -1.94. The lowest BCUT2D eigenvalue weighted by molar-refractivity contribution is -0.147. The second-order valence-corrected chi connectivity index (χ2v) is 7.87. The molecule has 0 saturated carbocycles. The Kier molecular flexibility index (Phi) is 4.85. The van der Waals surface area contributed by atoms with E-state index in [4.69, 9.17) is 4.74 Å². The number of rotatable bonds is 5. The van der Waals surface area contributed by atoms with E-state index in [9.17, 15) is 9.36 Å². The van der Waals surface area contributed by atoms with Crippen molar-refractivity contribution in [2.24, 2.45) is 5.92 Å². The van der Waals surface area contributed by atoms with Crippen molar-refractivity contribution in [2.75, 3.05) is 25.1 Å². The van der Waals surface area contributed by atoms with Crippen molar-refractivity contribution in [3.05, 3.63) is 0 Å². The number of esters is 1. The van der Waals surface area contributed by atoms with Gasteiger partial charge in [0.25, 0.3) is 0 Å². The van der Waals surface area contributed by atoms with Crippen LogP contribution in [0.2, 0.25) is 0 Å². The first kappa shape index (κ1) is 12.8. The molecule has 0 bridgehead atoms. The Morgan fingerprint density at radius 1 is 1.40 bits per heavy atom. The summed E-state index contributed by atoms with van der Waals surface area (Å²) < 4.78 is 17.2. The van der Waals surface area contributed by atoms with E-state index in [2.05, 4.69) is 0 Å². The molecule has 0 aromatic carbocycles. The molecule has 0 aromatic heterocycles. The van der Waals surface area contributed by atoms with Crippen LogP contribution in [0.15, 0.2) is 0 Å². The van der Waals surface area contributed by atoms with Crippen LogP contribution >= 0.6 is 7.14 Å². The van der Waals surface area contributed by atoms with Gasteiger partial charge in [0.1, 0.15) is 0 Å². The van der Waals surface area contributed by atoms with Gasteiger partial charge in [-0.05, 0) is 19.3 Å². The molecule has 0 spiro atoms. The highest BCUT2D eigenvalue weighted by Crippen LogP contribution is 2.51. The minimum atomic E-state index is -1.94. The van der Waals surface area contributed by atoms with Gasteiger partial charge in [0.15, 0.2) is 0 Å². The van der Waals surface area contributed by atoms with E-state index in [-0.39, 0.29) is 11.9 Å². The summed E-state index contributed by atoms with van der Waals surface area (Å²) in [5, 5.41) is 0. The zero-order valence-corrected chi connectivity index (χ0v) is 10.6. The molecule has 1 fully saturated rings. The van der Waals surface area contributed by atoms with Crippen molar-refractivity contribution >= 4 is 13.1 Å². The highest BCUT2D eigenvalue weighted by Gasteiger charge is 2.27. The van der Waals surface area contributed by atoms with Gasteiger partial charge in [-0.3, -0.25) is 4.79 Å². The lowest BCUT2D eigenvalue weighted by Gasteiger charge is -2.12. The fraction of sp³-hybridized carbons (Fsp3) is 0.909. The van der Waals surface area contributed by atoms with E-state index >= 15 is 0 Å². The van der Waals surface area contributed by atoms with Gasteiger partial charge in [0.2, 0.25) is 0 Å². The molecule has 3 nitrogen and oxygen atoms in total. The summed E-state index contributed by atoms with van der Waals surface area (Å²) >= 11 is 0. The maximum atomic E-state index is 12.0. The molecule has 1 aliphatic heterocycles. The van der Waals surface area contributed by atoms with Gasteiger partial charge >= 0.3 is 5.97 Å².